The van der Waals surface area contributed by atoms with Gasteiger partial charge in [-0.2, -0.15) is 0 Å². The first-order chi connectivity index (χ1) is 12.9. The molecule has 0 radical (unpaired) electrons. The number of quaternary nitrogens is 2. The van der Waals surface area contributed by atoms with E-state index in [1.807, 2.05) is 19.1 Å². The predicted octanol–water partition coefficient (Wildman–Crippen LogP) is -0.670. The number of aryl methyl sites for hydroxylation is 1. The first-order valence-corrected chi connectivity index (χ1v) is 10.2. The van der Waals surface area contributed by atoms with E-state index in [2.05, 4.69) is 37.5 Å². The highest BCUT2D eigenvalue weighted by molar-refractivity contribution is 5.92. The van der Waals surface area contributed by atoms with Gasteiger partial charge in [0.2, 0.25) is 0 Å². The van der Waals surface area contributed by atoms with Crippen LogP contribution in [0.2, 0.25) is 0 Å². The maximum atomic E-state index is 12.4. The van der Waals surface area contributed by atoms with Gasteiger partial charge in [0.25, 0.3) is 11.8 Å². The highest BCUT2D eigenvalue weighted by Crippen LogP contribution is 2.17. The molecule has 1 atom stereocenters. The Labute approximate surface area is 163 Å². The summed E-state index contributed by atoms with van der Waals surface area (Å²) in [6.07, 6.45) is 2.11. The molecule has 6 heteroatoms. The van der Waals surface area contributed by atoms with Crippen LogP contribution >= 0.6 is 0 Å². The van der Waals surface area contributed by atoms with Gasteiger partial charge < -0.3 is 20.4 Å². The van der Waals surface area contributed by atoms with Crippen LogP contribution < -0.4 is 20.4 Å². The van der Waals surface area contributed by atoms with E-state index in [4.69, 9.17) is 0 Å². The fourth-order valence-corrected chi connectivity index (χ4v) is 3.68. The van der Waals surface area contributed by atoms with Gasteiger partial charge in [-0.05, 0) is 44.4 Å². The molecule has 1 aliphatic heterocycles. The number of carbonyl (C=O) groups excluding carboxylic acids is 2. The van der Waals surface area contributed by atoms with Crippen molar-refractivity contribution in [3.8, 4) is 0 Å². The summed E-state index contributed by atoms with van der Waals surface area (Å²) in [6.45, 7) is 13.0. The summed E-state index contributed by atoms with van der Waals surface area (Å²) in [7, 11) is 0. The van der Waals surface area contributed by atoms with Crippen LogP contribution in [0.25, 0.3) is 0 Å². The zero-order valence-corrected chi connectivity index (χ0v) is 17.3. The zero-order chi connectivity index (χ0) is 19.8. The Bertz CT molecular complexity index is 639. The van der Waals surface area contributed by atoms with Crippen molar-refractivity contribution in [2.45, 2.75) is 46.6 Å². The van der Waals surface area contributed by atoms with Crippen LogP contribution in [0, 0.1) is 13.8 Å². The number of benzene rings is 1. The second-order valence-corrected chi connectivity index (χ2v) is 7.91. The maximum absolute atomic E-state index is 12.4. The fourth-order valence-electron chi connectivity index (χ4n) is 3.68. The molecule has 1 aromatic carbocycles. The summed E-state index contributed by atoms with van der Waals surface area (Å²) in [5, 5.41) is 6.12. The van der Waals surface area contributed by atoms with Crippen molar-refractivity contribution in [2.75, 3.05) is 44.6 Å². The molecule has 0 spiro atoms. The van der Waals surface area contributed by atoms with Gasteiger partial charge >= 0.3 is 0 Å². The van der Waals surface area contributed by atoms with Gasteiger partial charge in [0.15, 0.2) is 13.1 Å². The van der Waals surface area contributed by atoms with Crippen LogP contribution in [-0.2, 0) is 9.59 Å². The normalized spacial score (nSPS) is 20.7. The molecule has 0 bridgehead atoms. The predicted molar refractivity (Wildman–Crippen MR) is 108 cm³/mol. The summed E-state index contributed by atoms with van der Waals surface area (Å²) in [5.41, 5.74) is 3.21. The average Bonchev–Trinajstić information content (AvgIpc) is 2.60. The van der Waals surface area contributed by atoms with Crippen molar-refractivity contribution < 1.29 is 19.4 Å². The minimum absolute atomic E-state index is 0.0632. The van der Waals surface area contributed by atoms with E-state index in [1.54, 1.807) is 0 Å². The van der Waals surface area contributed by atoms with E-state index in [0.717, 1.165) is 50.3 Å². The molecular weight excluding hydrogens is 340 g/mol. The van der Waals surface area contributed by atoms with Crippen molar-refractivity contribution >= 4 is 17.5 Å². The number of anilines is 1. The SMILES string of the molecule is CCC[C@@H](C)NC(=O)C[NH+]1CC[NH+](CC(=O)Nc2cccc(C)c2C)CC1. The van der Waals surface area contributed by atoms with E-state index in [-0.39, 0.29) is 17.9 Å². The van der Waals surface area contributed by atoms with Gasteiger partial charge in [-0.1, -0.05) is 25.5 Å². The molecule has 2 amide bonds. The topological polar surface area (TPSA) is 67.1 Å². The third-order valence-electron chi connectivity index (χ3n) is 5.49. The van der Waals surface area contributed by atoms with Crippen LogP contribution in [0.1, 0.15) is 37.8 Å². The minimum atomic E-state index is 0.0632. The second-order valence-electron chi connectivity index (χ2n) is 7.91. The van der Waals surface area contributed by atoms with E-state index in [1.165, 1.54) is 15.4 Å². The summed E-state index contributed by atoms with van der Waals surface area (Å²) in [4.78, 5) is 27.1. The number of rotatable bonds is 8. The molecule has 1 aliphatic rings. The Morgan fingerprint density at radius 3 is 2.22 bits per heavy atom. The first-order valence-electron chi connectivity index (χ1n) is 10.2. The second kappa shape index (κ2) is 10.4. The molecule has 1 aromatic rings. The van der Waals surface area contributed by atoms with Gasteiger partial charge in [0.05, 0.1) is 0 Å². The lowest BCUT2D eigenvalue weighted by Crippen LogP contribution is -3.28. The monoisotopic (exact) mass is 376 g/mol. The number of hydrogen-bond donors (Lipinski definition) is 4. The molecule has 1 fully saturated rings. The van der Waals surface area contributed by atoms with Crippen molar-refractivity contribution in [1.82, 2.24) is 5.32 Å². The molecule has 27 heavy (non-hydrogen) atoms. The Morgan fingerprint density at radius 1 is 1.04 bits per heavy atom. The molecule has 1 saturated heterocycles. The number of piperazine rings is 1. The number of carbonyl (C=O) groups is 2. The fraction of sp³-hybridized carbons (Fsp3) is 0.619. The molecule has 0 aromatic heterocycles. The largest absolute Gasteiger partial charge is 0.349 e. The van der Waals surface area contributed by atoms with Crippen LogP contribution in [0.5, 0.6) is 0 Å². The molecule has 0 aliphatic carbocycles. The maximum Gasteiger partial charge on any atom is 0.279 e. The summed E-state index contributed by atoms with van der Waals surface area (Å²) < 4.78 is 0. The Hall–Kier alpha value is -1.92. The molecule has 2 rings (SSSR count). The zero-order valence-electron chi connectivity index (χ0n) is 17.3. The summed E-state index contributed by atoms with van der Waals surface area (Å²) >= 11 is 0. The molecule has 1 heterocycles. The third kappa shape index (κ3) is 6.96. The van der Waals surface area contributed by atoms with E-state index < -0.39 is 0 Å². The number of nitrogens with one attached hydrogen (secondary N) is 4. The lowest BCUT2D eigenvalue weighted by molar-refractivity contribution is -1.00. The Balaban J connectivity index is 1.71. The smallest absolute Gasteiger partial charge is 0.279 e. The van der Waals surface area contributed by atoms with Crippen LogP contribution in [0.4, 0.5) is 5.69 Å². The van der Waals surface area contributed by atoms with Crippen molar-refractivity contribution in [3.05, 3.63) is 29.3 Å². The molecule has 6 nitrogen and oxygen atoms in total. The number of amides is 2. The lowest BCUT2D eigenvalue weighted by atomic mass is 10.1. The third-order valence-corrected chi connectivity index (χ3v) is 5.49. The first kappa shape index (κ1) is 21.4. The van der Waals surface area contributed by atoms with Crippen molar-refractivity contribution in [2.24, 2.45) is 0 Å². The summed E-state index contributed by atoms with van der Waals surface area (Å²) in [6, 6.07) is 6.23. The van der Waals surface area contributed by atoms with Crippen molar-refractivity contribution in [3.63, 3.8) is 0 Å². The van der Waals surface area contributed by atoms with E-state index >= 15 is 0 Å². The van der Waals surface area contributed by atoms with E-state index in [9.17, 15) is 9.59 Å². The van der Waals surface area contributed by atoms with E-state index in [0.29, 0.717) is 13.1 Å². The molecule has 150 valence electrons. The molecular formula is C21H36N4O2+2. The molecule has 4 N–H and O–H groups in total. The highest BCUT2D eigenvalue weighted by Gasteiger charge is 2.26. The molecule has 0 unspecified atom stereocenters. The van der Waals surface area contributed by atoms with Crippen LogP contribution in [0.15, 0.2) is 18.2 Å². The number of hydrogen-bond acceptors (Lipinski definition) is 2. The van der Waals surface area contributed by atoms with Crippen LogP contribution in [-0.4, -0.2) is 57.1 Å². The standard InChI is InChI=1S/C21H34N4O2/c1-5-7-17(3)22-20(26)14-24-10-12-25(13-11-24)15-21(27)23-19-9-6-8-16(2)18(19)4/h6,8-9,17H,5,7,10-15H2,1-4H3,(H,22,26)(H,23,27)/p+2/t17-/m1/s1. The highest BCUT2D eigenvalue weighted by atomic mass is 16.2. The Kier molecular flexibility index (Phi) is 8.25. The van der Waals surface area contributed by atoms with Gasteiger partial charge in [-0.15, -0.1) is 0 Å². The summed E-state index contributed by atoms with van der Waals surface area (Å²) in [5.74, 6) is 0.204. The van der Waals surface area contributed by atoms with Gasteiger partial charge in [0.1, 0.15) is 26.2 Å². The van der Waals surface area contributed by atoms with Crippen LogP contribution in [0.3, 0.4) is 0 Å². The Morgan fingerprint density at radius 2 is 1.63 bits per heavy atom. The lowest BCUT2D eigenvalue weighted by Gasteiger charge is -2.29. The van der Waals surface area contributed by atoms with Gasteiger partial charge in [0, 0.05) is 11.7 Å². The molecule has 0 saturated carbocycles. The van der Waals surface area contributed by atoms with Gasteiger partial charge in [-0.3, -0.25) is 9.59 Å². The minimum Gasteiger partial charge on any atom is -0.349 e. The van der Waals surface area contributed by atoms with Crippen molar-refractivity contribution in [1.29, 1.82) is 0 Å². The van der Waals surface area contributed by atoms with Gasteiger partial charge in [-0.25, -0.2) is 0 Å². The quantitative estimate of drug-likeness (QED) is 0.486. The average molecular weight is 377 g/mol.